The Morgan fingerprint density at radius 1 is 1.30 bits per heavy atom. The maximum atomic E-state index is 13.4. The largest absolute Gasteiger partial charge is 0.465 e. The fraction of sp³-hybridized carbons (Fsp3) is 0.333. The van der Waals surface area contributed by atoms with Crippen molar-refractivity contribution in [3.63, 3.8) is 0 Å². The number of hydrogen-bond acceptors (Lipinski definition) is 3. The molecule has 27 heavy (non-hydrogen) atoms. The smallest absolute Gasteiger partial charge is 0.244 e. The van der Waals surface area contributed by atoms with E-state index in [1.54, 1.807) is 24.3 Å². The maximum Gasteiger partial charge on any atom is 0.244 e. The molecular weight excluding hydrogens is 347 g/mol. The first-order chi connectivity index (χ1) is 13.1. The van der Waals surface area contributed by atoms with E-state index in [9.17, 15) is 14.0 Å². The van der Waals surface area contributed by atoms with Gasteiger partial charge in [0.1, 0.15) is 11.6 Å². The molecule has 1 fully saturated rings. The quantitative estimate of drug-likeness (QED) is 0.762. The van der Waals surface area contributed by atoms with E-state index in [0.717, 1.165) is 18.4 Å². The maximum absolute atomic E-state index is 13.4. The Labute approximate surface area is 157 Å². The Bertz CT molecular complexity index is 802. The number of furan rings is 1. The Morgan fingerprint density at radius 3 is 2.96 bits per heavy atom. The van der Waals surface area contributed by atoms with Crippen molar-refractivity contribution < 1.29 is 18.4 Å². The van der Waals surface area contributed by atoms with E-state index in [2.05, 4.69) is 5.32 Å². The minimum Gasteiger partial charge on any atom is -0.465 e. The average molecular weight is 370 g/mol. The van der Waals surface area contributed by atoms with Gasteiger partial charge >= 0.3 is 0 Å². The highest BCUT2D eigenvalue weighted by Crippen LogP contribution is 2.22. The van der Waals surface area contributed by atoms with Crippen molar-refractivity contribution in [1.82, 2.24) is 10.2 Å². The monoisotopic (exact) mass is 370 g/mol. The van der Waals surface area contributed by atoms with Gasteiger partial charge in [-0.1, -0.05) is 12.1 Å². The number of likely N-dealkylation sites (tertiary alicyclic amines) is 1. The van der Waals surface area contributed by atoms with Crippen LogP contribution in [0.25, 0.3) is 6.08 Å². The van der Waals surface area contributed by atoms with E-state index in [-0.39, 0.29) is 36.6 Å². The van der Waals surface area contributed by atoms with Gasteiger partial charge in [-0.05, 0) is 55.2 Å². The van der Waals surface area contributed by atoms with Gasteiger partial charge in [0.15, 0.2) is 0 Å². The molecule has 142 valence electrons. The van der Waals surface area contributed by atoms with E-state index in [4.69, 9.17) is 4.42 Å². The molecule has 1 aromatic heterocycles. The minimum absolute atomic E-state index is 0.0178. The number of halogens is 1. The topological polar surface area (TPSA) is 62.6 Å². The van der Waals surface area contributed by atoms with Crippen LogP contribution in [0.3, 0.4) is 0 Å². The summed E-state index contributed by atoms with van der Waals surface area (Å²) in [7, 11) is 0. The number of rotatable bonds is 7. The van der Waals surface area contributed by atoms with E-state index in [1.807, 2.05) is 11.0 Å². The van der Waals surface area contributed by atoms with Gasteiger partial charge in [0.05, 0.1) is 6.26 Å². The molecule has 0 spiro atoms. The molecule has 1 aliphatic rings. The summed E-state index contributed by atoms with van der Waals surface area (Å²) in [6.45, 7) is 0.995. The molecule has 1 atom stereocenters. The summed E-state index contributed by atoms with van der Waals surface area (Å²) in [6.07, 6.45) is 7.26. The molecule has 3 rings (SSSR count). The van der Waals surface area contributed by atoms with Crippen molar-refractivity contribution in [1.29, 1.82) is 0 Å². The minimum atomic E-state index is -0.267. The van der Waals surface area contributed by atoms with Crippen LogP contribution in [0, 0.1) is 5.82 Å². The molecule has 2 aromatic rings. The lowest BCUT2D eigenvalue weighted by Crippen LogP contribution is -2.38. The number of carbonyl (C=O) groups is 2. The first-order valence-electron chi connectivity index (χ1n) is 9.15. The van der Waals surface area contributed by atoms with Gasteiger partial charge in [-0.2, -0.15) is 0 Å². The summed E-state index contributed by atoms with van der Waals surface area (Å²) in [5.41, 5.74) is 0.899. The van der Waals surface area contributed by atoms with Crippen molar-refractivity contribution in [2.45, 2.75) is 31.7 Å². The Balaban J connectivity index is 1.44. The average Bonchev–Trinajstić information content (AvgIpc) is 3.31. The van der Waals surface area contributed by atoms with Crippen molar-refractivity contribution >= 4 is 17.9 Å². The van der Waals surface area contributed by atoms with Crippen LogP contribution in [0.15, 0.2) is 53.2 Å². The summed E-state index contributed by atoms with van der Waals surface area (Å²) in [4.78, 5) is 26.1. The molecule has 2 amide bonds. The van der Waals surface area contributed by atoms with Gasteiger partial charge < -0.3 is 14.6 Å². The molecule has 1 aliphatic heterocycles. The van der Waals surface area contributed by atoms with Gasteiger partial charge in [-0.25, -0.2) is 4.39 Å². The lowest BCUT2D eigenvalue weighted by atomic mass is 10.0. The van der Waals surface area contributed by atoms with Crippen molar-refractivity contribution in [3.8, 4) is 0 Å². The molecule has 0 aliphatic carbocycles. The second-order valence-electron chi connectivity index (χ2n) is 6.61. The molecule has 2 heterocycles. The van der Waals surface area contributed by atoms with Gasteiger partial charge in [0.25, 0.3) is 0 Å². The fourth-order valence-corrected chi connectivity index (χ4v) is 3.35. The lowest BCUT2D eigenvalue weighted by Gasteiger charge is -2.25. The first kappa shape index (κ1) is 18.9. The second-order valence-corrected chi connectivity index (χ2v) is 6.61. The van der Waals surface area contributed by atoms with E-state index in [1.165, 1.54) is 24.5 Å². The highest BCUT2D eigenvalue weighted by Gasteiger charge is 2.28. The van der Waals surface area contributed by atoms with Crippen LogP contribution in [0.2, 0.25) is 0 Å². The third-order valence-corrected chi connectivity index (χ3v) is 4.64. The summed E-state index contributed by atoms with van der Waals surface area (Å²) in [5.74, 6) is 0.0910. The highest BCUT2D eigenvalue weighted by molar-refractivity contribution is 5.91. The number of nitrogens with one attached hydrogen (secondary N) is 1. The molecule has 1 N–H and O–H groups in total. The van der Waals surface area contributed by atoms with E-state index >= 15 is 0 Å². The zero-order chi connectivity index (χ0) is 19.1. The standard InChI is InChI=1S/C21H23FN2O3/c22-17-5-1-4-16(14-17)15-18-6-2-12-24(18)21(26)10-11-23-20(25)9-8-19-7-3-13-27-19/h1,3-5,7-9,13-14,18H,2,6,10-12,15H2,(H,23,25)/b9-8+. The first-order valence-corrected chi connectivity index (χ1v) is 9.15. The number of hydrogen-bond donors (Lipinski definition) is 1. The summed E-state index contributed by atoms with van der Waals surface area (Å²) >= 11 is 0. The number of amides is 2. The summed E-state index contributed by atoms with van der Waals surface area (Å²) < 4.78 is 18.5. The zero-order valence-electron chi connectivity index (χ0n) is 15.1. The molecule has 1 saturated heterocycles. The van der Waals surface area contributed by atoms with E-state index < -0.39 is 0 Å². The van der Waals surface area contributed by atoms with Gasteiger partial charge in [0, 0.05) is 31.6 Å². The fourth-order valence-electron chi connectivity index (χ4n) is 3.35. The van der Waals surface area contributed by atoms with Crippen LogP contribution in [0.5, 0.6) is 0 Å². The van der Waals surface area contributed by atoms with E-state index in [0.29, 0.717) is 18.7 Å². The Hall–Kier alpha value is -2.89. The third-order valence-electron chi connectivity index (χ3n) is 4.64. The second kappa shape index (κ2) is 9.16. The van der Waals surface area contributed by atoms with Gasteiger partial charge in [-0.15, -0.1) is 0 Å². The summed E-state index contributed by atoms with van der Waals surface area (Å²) in [5, 5.41) is 2.71. The van der Waals surface area contributed by atoms with Crippen LogP contribution < -0.4 is 5.32 Å². The number of carbonyl (C=O) groups excluding carboxylic acids is 2. The molecule has 6 heteroatoms. The normalized spacial score (nSPS) is 16.8. The predicted molar refractivity (Wildman–Crippen MR) is 100 cm³/mol. The van der Waals surface area contributed by atoms with Gasteiger partial charge in [-0.3, -0.25) is 9.59 Å². The van der Waals surface area contributed by atoms with Gasteiger partial charge in [0.2, 0.25) is 11.8 Å². The lowest BCUT2D eigenvalue weighted by molar-refractivity contribution is -0.131. The van der Waals surface area contributed by atoms with Crippen LogP contribution >= 0.6 is 0 Å². The van der Waals surface area contributed by atoms with Crippen LogP contribution in [-0.2, 0) is 16.0 Å². The SMILES string of the molecule is O=C(/C=C/c1ccco1)NCCC(=O)N1CCCC1Cc1cccc(F)c1. The molecule has 1 aromatic carbocycles. The number of nitrogens with zero attached hydrogens (tertiary/aromatic N) is 1. The van der Waals surface area contributed by atoms with Crippen molar-refractivity contribution in [2.24, 2.45) is 0 Å². The molecule has 1 unspecified atom stereocenters. The number of benzene rings is 1. The van der Waals surface area contributed by atoms with Crippen LogP contribution in [0.1, 0.15) is 30.6 Å². The van der Waals surface area contributed by atoms with Crippen molar-refractivity contribution in [3.05, 3.63) is 65.9 Å². The molecular formula is C21H23FN2O3. The summed E-state index contributed by atoms with van der Waals surface area (Å²) in [6, 6.07) is 10.1. The molecule has 0 bridgehead atoms. The molecule has 0 radical (unpaired) electrons. The third kappa shape index (κ3) is 5.54. The van der Waals surface area contributed by atoms with Crippen LogP contribution in [0.4, 0.5) is 4.39 Å². The Kier molecular flexibility index (Phi) is 6.41. The van der Waals surface area contributed by atoms with Crippen LogP contribution in [-0.4, -0.2) is 35.8 Å². The zero-order valence-corrected chi connectivity index (χ0v) is 15.1. The highest BCUT2D eigenvalue weighted by atomic mass is 19.1. The predicted octanol–water partition coefficient (Wildman–Crippen LogP) is 3.17. The molecule has 5 nitrogen and oxygen atoms in total. The Morgan fingerprint density at radius 2 is 2.19 bits per heavy atom. The van der Waals surface area contributed by atoms with Crippen molar-refractivity contribution in [2.75, 3.05) is 13.1 Å². The molecule has 0 saturated carbocycles.